The molecule has 1 aliphatic rings. The van der Waals surface area contributed by atoms with Gasteiger partial charge in [-0.1, -0.05) is 0 Å². The normalized spacial score (nSPS) is 20.6. The molecule has 90 valence electrons. The van der Waals surface area contributed by atoms with E-state index in [4.69, 9.17) is 4.74 Å². The molecule has 1 unspecified atom stereocenters. The first-order valence-corrected chi connectivity index (χ1v) is 5.77. The number of anilines is 1. The Balaban J connectivity index is 1.63. The average molecular weight is 233 g/mol. The third kappa shape index (κ3) is 2.37. The fraction of sp³-hybridized carbons (Fsp3) is 0.455. The van der Waals surface area contributed by atoms with Gasteiger partial charge in [0.15, 0.2) is 5.65 Å². The summed E-state index contributed by atoms with van der Waals surface area (Å²) in [6.07, 6.45) is 3.64. The summed E-state index contributed by atoms with van der Waals surface area (Å²) in [5.74, 6) is 0.866. The maximum absolute atomic E-state index is 5.39. The van der Waals surface area contributed by atoms with E-state index in [9.17, 15) is 0 Å². The molecule has 2 aromatic rings. The van der Waals surface area contributed by atoms with Crippen molar-refractivity contribution in [2.24, 2.45) is 0 Å². The molecule has 1 aliphatic heterocycles. The van der Waals surface area contributed by atoms with E-state index in [2.05, 4.69) is 20.7 Å². The fourth-order valence-electron chi connectivity index (χ4n) is 1.89. The fourth-order valence-corrected chi connectivity index (χ4v) is 1.89. The smallest absolute Gasteiger partial charge is 0.157 e. The van der Waals surface area contributed by atoms with Crippen LogP contribution in [0.15, 0.2) is 24.5 Å². The topological polar surface area (TPSA) is 63.5 Å². The van der Waals surface area contributed by atoms with Crippen molar-refractivity contribution in [1.82, 2.24) is 19.9 Å². The second kappa shape index (κ2) is 4.68. The number of morpholine rings is 1. The van der Waals surface area contributed by atoms with Crippen LogP contribution in [0.5, 0.6) is 0 Å². The highest BCUT2D eigenvalue weighted by atomic mass is 16.5. The minimum absolute atomic E-state index is 0.353. The molecule has 1 atom stereocenters. The van der Waals surface area contributed by atoms with Crippen LogP contribution < -0.4 is 10.6 Å². The first kappa shape index (κ1) is 10.5. The molecule has 0 spiro atoms. The maximum Gasteiger partial charge on any atom is 0.157 e. The molecule has 3 heterocycles. The monoisotopic (exact) mass is 233 g/mol. The Bertz CT molecular complexity index is 491. The molecule has 6 nitrogen and oxygen atoms in total. The zero-order chi connectivity index (χ0) is 11.5. The lowest BCUT2D eigenvalue weighted by Gasteiger charge is -2.24. The van der Waals surface area contributed by atoms with Crippen LogP contribution in [0.25, 0.3) is 5.65 Å². The van der Waals surface area contributed by atoms with Crippen molar-refractivity contribution >= 4 is 11.5 Å². The van der Waals surface area contributed by atoms with Crippen LogP contribution in [0.2, 0.25) is 0 Å². The van der Waals surface area contributed by atoms with Crippen LogP contribution in [0, 0.1) is 0 Å². The Kier molecular flexibility index (Phi) is 2.89. The SMILES string of the molecule is c1cc2nc(NCC3COCCN3)ccn2n1. The van der Waals surface area contributed by atoms with E-state index in [0.717, 1.165) is 37.8 Å². The lowest BCUT2D eigenvalue weighted by molar-refractivity contribution is 0.0806. The van der Waals surface area contributed by atoms with Gasteiger partial charge >= 0.3 is 0 Å². The van der Waals surface area contributed by atoms with E-state index in [1.807, 2.05) is 18.3 Å². The standard InChI is InChI=1S/C11H15N5O/c1-3-14-16-5-2-10(15-11(1)16)13-7-9-8-17-6-4-12-9/h1-3,5,9,12H,4,6-8H2,(H,13,15). The highest BCUT2D eigenvalue weighted by Gasteiger charge is 2.12. The number of ether oxygens (including phenoxy) is 1. The van der Waals surface area contributed by atoms with Gasteiger partial charge in [-0.05, 0) is 6.07 Å². The van der Waals surface area contributed by atoms with Crippen molar-refractivity contribution in [2.75, 3.05) is 31.6 Å². The summed E-state index contributed by atoms with van der Waals surface area (Å²) in [6.45, 7) is 3.29. The molecule has 1 fully saturated rings. The number of aromatic nitrogens is 3. The summed E-state index contributed by atoms with van der Waals surface area (Å²) in [5, 5.41) is 10.8. The van der Waals surface area contributed by atoms with E-state index >= 15 is 0 Å². The van der Waals surface area contributed by atoms with Crippen molar-refractivity contribution in [3.63, 3.8) is 0 Å². The van der Waals surface area contributed by atoms with E-state index in [1.54, 1.807) is 10.7 Å². The van der Waals surface area contributed by atoms with Crippen LogP contribution >= 0.6 is 0 Å². The molecule has 0 bridgehead atoms. The number of rotatable bonds is 3. The number of hydrogen-bond donors (Lipinski definition) is 2. The maximum atomic E-state index is 5.39. The molecular weight excluding hydrogens is 218 g/mol. The first-order valence-electron chi connectivity index (χ1n) is 5.77. The molecule has 0 aromatic carbocycles. The van der Waals surface area contributed by atoms with Crippen molar-refractivity contribution in [3.8, 4) is 0 Å². The minimum Gasteiger partial charge on any atom is -0.378 e. The number of fused-ring (bicyclic) bond motifs is 1. The van der Waals surface area contributed by atoms with Crippen LogP contribution in [-0.2, 0) is 4.74 Å². The third-order valence-electron chi connectivity index (χ3n) is 2.79. The first-order chi connectivity index (χ1) is 8.42. The number of nitrogens with zero attached hydrogens (tertiary/aromatic N) is 3. The van der Waals surface area contributed by atoms with Crippen molar-refractivity contribution in [2.45, 2.75) is 6.04 Å². The Morgan fingerprint density at radius 2 is 2.53 bits per heavy atom. The van der Waals surface area contributed by atoms with Gasteiger partial charge in [0.2, 0.25) is 0 Å². The van der Waals surface area contributed by atoms with Gasteiger partial charge in [-0.2, -0.15) is 5.10 Å². The van der Waals surface area contributed by atoms with Crippen LogP contribution in [0.1, 0.15) is 0 Å². The van der Waals surface area contributed by atoms with Gasteiger partial charge in [0.1, 0.15) is 5.82 Å². The van der Waals surface area contributed by atoms with Gasteiger partial charge in [-0.15, -0.1) is 0 Å². The molecule has 0 amide bonds. The highest BCUT2D eigenvalue weighted by molar-refractivity contribution is 5.45. The summed E-state index contributed by atoms with van der Waals surface area (Å²) in [5.41, 5.74) is 0.850. The predicted molar refractivity (Wildman–Crippen MR) is 64.1 cm³/mol. The Morgan fingerprint density at radius 3 is 3.41 bits per heavy atom. The Labute approximate surface area is 99.0 Å². The van der Waals surface area contributed by atoms with Gasteiger partial charge in [-0.3, -0.25) is 0 Å². The quantitative estimate of drug-likeness (QED) is 0.789. The van der Waals surface area contributed by atoms with Crippen molar-refractivity contribution in [3.05, 3.63) is 24.5 Å². The van der Waals surface area contributed by atoms with Gasteiger partial charge in [0, 0.05) is 31.4 Å². The summed E-state index contributed by atoms with van der Waals surface area (Å²) in [7, 11) is 0. The second-order valence-corrected chi connectivity index (χ2v) is 4.05. The number of nitrogens with one attached hydrogen (secondary N) is 2. The third-order valence-corrected chi connectivity index (χ3v) is 2.79. The summed E-state index contributed by atoms with van der Waals surface area (Å²) in [6, 6.07) is 4.16. The lowest BCUT2D eigenvalue weighted by atomic mass is 10.3. The summed E-state index contributed by atoms with van der Waals surface area (Å²) in [4.78, 5) is 4.44. The van der Waals surface area contributed by atoms with Crippen LogP contribution in [0.3, 0.4) is 0 Å². The molecule has 6 heteroatoms. The minimum atomic E-state index is 0.353. The van der Waals surface area contributed by atoms with Gasteiger partial charge in [-0.25, -0.2) is 9.50 Å². The largest absolute Gasteiger partial charge is 0.378 e. The van der Waals surface area contributed by atoms with E-state index in [-0.39, 0.29) is 0 Å². The Morgan fingerprint density at radius 1 is 1.53 bits per heavy atom. The molecule has 2 N–H and O–H groups in total. The van der Waals surface area contributed by atoms with Gasteiger partial charge in [0.25, 0.3) is 0 Å². The Hall–Kier alpha value is -1.66. The molecule has 1 saturated heterocycles. The molecular formula is C11H15N5O. The molecule has 0 radical (unpaired) electrons. The van der Waals surface area contributed by atoms with Gasteiger partial charge in [0.05, 0.1) is 19.4 Å². The zero-order valence-corrected chi connectivity index (χ0v) is 9.47. The highest BCUT2D eigenvalue weighted by Crippen LogP contribution is 2.06. The molecule has 2 aromatic heterocycles. The summed E-state index contributed by atoms with van der Waals surface area (Å²) < 4.78 is 7.13. The van der Waals surface area contributed by atoms with Crippen molar-refractivity contribution in [1.29, 1.82) is 0 Å². The van der Waals surface area contributed by atoms with Gasteiger partial charge < -0.3 is 15.4 Å². The van der Waals surface area contributed by atoms with E-state index in [0.29, 0.717) is 6.04 Å². The van der Waals surface area contributed by atoms with Crippen LogP contribution in [0.4, 0.5) is 5.82 Å². The summed E-state index contributed by atoms with van der Waals surface area (Å²) >= 11 is 0. The molecule has 0 aliphatic carbocycles. The molecule has 0 saturated carbocycles. The van der Waals surface area contributed by atoms with E-state index < -0.39 is 0 Å². The predicted octanol–water partition coefficient (Wildman–Crippen LogP) is 0.130. The second-order valence-electron chi connectivity index (χ2n) is 4.05. The van der Waals surface area contributed by atoms with Crippen LogP contribution in [-0.4, -0.2) is 46.9 Å². The average Bonchev–Trinajstić information content (AvgIpc) is 2.85. The van der Waals surface area contributed by atoms with E-state index in [1.165, 1.54) is 0 Å². The molecule has 3 rings (SSSR count). The molecule has 17 heavy (non-hydrogen) atoms. The van der Waals surface area contributed by atoms with Crippen molar-refractivity contribution < 1.29 is 4.74 Å². The number of hydrogen-bond acceptors (Lipinski definition) is 5. The lowest BCUT2D eigenvalue weighted by Crippen LogP contribution is -2.45. The zero-order valence-electron chi connectivity index (χ0n) is 9.47.